The number of esters is 1. The highest BCUT2D eigenvalue weighted by Crippen LogP contribution is 2.21. The Morgan fingerprint density at radius 1 is 0.308 bits per heavy atom. The molecule has 6 nitrogen and oxygen atoms in total. The van der Waals surface area contributed by atoms with Gasteiger partial charge in [-0.1, -0.05) is 436 Å². The zero-order valence-electron chi connectivity index (χ0n) is 62.1. The SMILES string of the molecule is CCCCC/C=C\C/C=C\CCCCCCCCCC(=O)OCCCCCCCCCCCCCCCCCCCCCCCCCCCCCCCCCCCCCCCC(=O)NC(CO)C(O)CCCCCCCCCCCCCCCCCCCCCC. The van der Waals surface area contributed by atoms with Gasteiger partial charge in [0.05, 0.1) is 25.4 Å². The Balaban J connectivity index is 3.30. The van der Waals surface area contributed by atoms with Crippen molar-refractivity contribution in [1.82, 2.24) is 5.32 Å². The number of carbonyl (C=O) groups excluding carboxylic acids is 2. The molecule has 0 saturated carbocycles. The molecule has 0 aliphatic carbocycles. The van der Waals surface area contributed by atoms with E-state index < -0.39 is 12.1 Å². The largest absolute Gasteiger partial charge is 0.466 e. The van der Waals surface area contributed by atoms with Crippen molar-refractivity contribution >= 4 is 11.9 Å². The highest BCUT2D eigenvalue weighted by molar-refractivity contribution is 5.76. The van der Waals surface area contributed by atoms with E-state index in [2.05, 4.69) is 43.5 Å². The molecule has 0 fully saturated rings. The third-order valence-corrected chi connectivity index (χ3v) is 20.0. The van der Waals surface area contributed by atoms with Crippen molar-refractivity contribution in [2.24, 2.45) is 0 Å². The predicted molar refractivity (Wildman–Crippen MR) is 403 cm³/mol. The molecule has 0 aromatic heterocycles. The van der Waals surface area contributed by atoms with Gasteiger partial charge in [0.15, 0.2) is 0 Å². The number of aliphatic hydroxyl groups is 2. The van der Waals surface area contributed by atoms with Crippen LogP contribution in [0, 0.1) is 0 Å². The van der Waals surface area contributed by atoms with Gasteiger partial charge in [-0.3, -0.25) is 9.59 Å². The molecule has 0 aromatic carbocycles. The fourth-order valence-corrected chi connectivity index (χ4v) is 13.6. The van der Waals surface area contributed by atoms with Crippen molar-refractivity contribution in [3.05, 3.63) is 24.3 Å². The van der Waals surface area contributed by atoms with E-state index in [4.69, 9.17) is 4.74 Å². The lowest BCUT2D eigenvalue weighted by Gasteiger charge is -2.22. The molecule has 0 spiro atoms. The third-order valence-electron chi connectivity index (χ3n) is 20.0. The normalized spacial score (nSPS) is 12.5. The van der Waals surface area contributed by atoms with Crippen molar-refractivity contribution < 1.29 is 24.5 Å². The molecule has 0 radical (unpaired) electrons. The molecule has 6 heteroatoms. The molecule has 2 atom stereocenters. The molecule has 0 saturated heterocycles. The lowest BCUT2D eigenvalue weighted by molar-refractivity contribution is -0.143. The van der Waals surface area contributed by atoms with Crippen LogP contribution in [0.2, 0.25) is 0 Å². The predicted octanol–water partition coefficient (Wildman–Crippen LogP) is 28.0. The van der Waals surface area contributed by atoms with Crippen LogP contribution in [0.5, 0.6) is 0 Å². The third kappa shape index (κ3) is 77.2. The molecular weight excluding hydrogens is 1110 g/mol. The minimum absolute atomic E-state index is 0.0166. The molecule has 0 bridgehead atoms. The fourth-order valence-electron chi connectivity index (χ4n) is 13.6. The summed E-state index contributed by atoms with van der Waals surface area (Å²) in [4.78, 5) is 24.7. The maximum atomic E-state index is 12.6. The van der Waals surface area contributed by atoms with E-state index in [1.54, 1.807) is 0 Å². The molecule has 0 aromatic rings. The van der Waals surface area contributed by atoms with E-state index in [1.165, 1.54) is 398 Å². The first-order valence-electron chi connectivity index (χ1n) is 42.1. The summed E-state index contributed by atoms with van der Waals surface area (Å²) < 4.78 is 5.51. The first kappa shape index (κ1) is 89.3. The van der Waals surface area contributed by atoms with Crippen LogP contribution in [-0.2, 0) is 14.3 Å². The average Bonchev–Trinajstić information content (AvgIpc) is 3.65. The number of unbranched alkanes of at least 4 members (excludes halogenated alkanes) is 65. The summed E-state index contributed by atoms with van der Waals surface area (Å²) >= 11 is 0. The quantitative estimate of drug-likeness (QED) is 0.0320. The van der Waals surface area contributed by atoms with Crippen LogP contribution in [0.15, 0.2) is 24.3 Å². The monoisotopic (exact) mass is 1280 g/mol. The van der Waals surface area contributed by atoms with Gasteiger partial charge in [-0.25, -0.2) is 0 Å². The van der Waals surface area contributed by atoms with E-state index >= 15 is 0 Å². The van der Waals surface area contributed by atoms with Crippen molar-refractivity contribution in [3.63, 3.8) is 0 Å². The van der Waals surface area contributed by atoms with E-state index in [9.17, 15) is 19.8 Å². The fraction of sp³-hybridized carbons (Fsp3) is 0.929. The van der Waals surface area contributed by atoms with Gasteiger partial charge in [-0.2, -0.15) is 0 Å². The van der Waals surface area contributed by atoms with Crippen molar-refractivity contribution in [1.29, 1.82) is 0 Å². The average molecular weight is 1280 g/mol. The zero-order valence-corrected chi connectivity index (χ0v) is 62.1. The van der Waals surface area contributed by atoms with Gasteiger partial charge >= 0.3 is 5.97 Å². The molecule has 2 unspecified atom stereocenters. The molecule has 0 heterocycles. The molecule has 540 valence electrons. The minimum Gasteiger partial charge on any atom is -0.466 e. The number of ether oxygens (including phenoxy) is 1. The van der Waals surface area contributed by atoms with E-state index in [-0.39, 0.29) is 18.5 Å². The Kier molecular flexibility index (Phi) is 79.3. The molecule has 1 amide bonds. The van der Waals surface area contributed by atoms with Gasteiger partial charge < -0.3 is 20.3 Å². The van der Waals surface area contributed by atoms with Crippen LogP contribution in [0.4, 0.5) is 0 Å². The lowest BCUT2D eigenvalue weighted by atomic mass is 10.0. The summed E-state index contributed by atoms with van der Waals surface area (Å²) in [6.45, 7) is 4.98. The Labute approximate surface area is 571 Å². The Bertz CT molecular complexity index is 1430. The number of carbonyl (C=O) groups is 2. The smallest absolute Gasteiger partial charge is 0.305 e. The summed E-state index contributed by atoms with van der Waals surface area (Å²) in [5.41, 5.74) is 0. The van der Waals surface area contributed by atoms with Gasteiger partial charge in [-0.05, 0) is 57.8 Å². The van der Waals surface area contributed by atoms with Crippen molar-refractivity contribution in [2.75, 3.05) is 13.2 Å². The summed E-state index contributed by atoms with van der Waals surface area (Å²) in [7, 11) is 0. The van der Waals surface area contributed by atoms with E-state index in [0.29, 0.717) is 25.9 Å². The molecule has 0 aliphatic heterocycles. The van der Waals surface area contributed by atoms with Crippen LogP contribution in [-0.4, -0.2) is 47.4 Å². The first-order valence-corrected chi connectivity index (χ1v) is 42.1. The maximum absolute atomic E-state index is 12.6. The second kappa shape index (κ2) is 80.8. The number of aliphatic hydroxyl groups excluding tert-OH is 2. The number of rotatable bonds is 80. The van der Waals surface area contributed by atoms with Crippen LogP contribution >= 0.6 is 0 Å². The zero-order chi connectivity index (χ0) is 65.6. The summed E-state index contributed by atoms with van der Waals surface area (Å²) in [5.74, 6) is -0.00712. The number of amides is 1. The molecule has 0 rings (SSSR count). The molecular formula is C85H165NO5. The first-order chi connectivity index (χ1) is 45.0. The summed E-state index contributed by atoms with van der Waals surface area (Å²) in [5, 5.41) is 23.5. The topological polar surface area (TPSA) is 95.9 Å². The number of hydrogen-bond acceptors (Lipinski definition) is 5. The lowest BCUT2D eigenvalue weighted by Crippen LogP contribution is -2.45. The highest BCUT2D eigenvalue weighted by atomic mass is 16.5. The number of nitrogens with one attached hydrogen (secondary N) is 1. The van der Waals surface area contributed by atoms with Gasteiger partial charge in [0, 0.05) is 12.8 Å². The van der Waals surface area contributed by atoms with Crippen LogP contribution in [0.3, 0.4) is 0 Å². The van der Waals surface area contributed by atoms with Crippen molar-refractivity contribution in [3.8, 4) is 0 Å². The maximum Gasteiger partial charge on any atom is 0.305 e. The Morgan fingerprint density at radius 2 is 0.549 bits per heavy atom. The molecule has 91 heavy (non-hydrogen) atoms. The number of allylic oxidation sites excluding steroid dienone is 4. The molecule has 0 aliphatic rings. The standard InChI is InChI=1S/C85H165NO5/c1-3-5-7-9-11-13-15-17-19-21-22-42-46-49-53-57-61-65-69-73-77-83(88)82(81-87)86-84(89)78-74-70-66-62-58-54-50-47-43-40-38-36-34-32-30-28-26-24-23-25-27-29-31-33-35-37-39-41-44-48-52-56-60-64-68-72-76-80-91-85(90)79-75-71-67-63-59-55-51-45-20-18-16-14-12-10-8-6-4-2/h12,14,18,20,82-83,87-88H,3-11,13,15-17,19,21-81H2,1-2H3,(H,86,89)/b14-12-,20-18-. The van der Waals surface area contributed by atoms with Crippen LogP contribution < -0.4 is 5.32 Å². The van der Waals surface area contributed by atoms with E-state index in [1.807, 2.05) is 0 Å². The summed E-state index contributed by atoms with van der Waals surface area (Å²) in [6, 6.07) is -0.538. The van der Waals surface area contributed by atoms with Crippen LogP contribution in [0.1, 0.15) is 483 Å². The minimum atomic E-state index is -0.661. The van der Waals surface area contributed by atoms with Gasteiger partial charge in [-0.15, -0.1) is 0 Å². The molecule has 3 N–H and O–H groups in total. The highest BCUT2D eigenvalue weighted by Gasteiger charge is 2.20. The Morgan fingerprint density at radius 3 is 0.857 bits per heavy atom. The van der Waals surface area contributed by atoms with Gasteiger partial charge in [0.25, 0.3) is 0 Å². The van der Waals surface area contributed by atoms with Gasteiger partial charge in [0.1, 0.15) is 0 Å². The second-order valence-corrected chi connectivity index (χ2v) is 29.2. The van der Waals surface area contributed by atoms with E-state index in [0.717, 1.165) is 51.4 Å². The van der Waals surface area contributed by atoms with Crippen LogP contribution in [0.25, 0.3) is 0 Å². The summed E-state index contributed by atoms with van der Waals surface area (Å²) in [6.07, 6.45) is 104. The second-order valence-electron chi connectivity index (χ2n) is 29.2. The Hall–Kier alpha value is -1.66. The van der Waals surface area contributed by atoms with Gasteiger partial charge in [0.2, 0.25) is 5.91 Å². The number of hydrogen-bond donors (Lipinski definition) is 3. The van der Waals surface area contributed by atoms with Crippen molar-refractivity contribution in [2.45, 2.75) is 495 Å².